The van der Waals surface area contributed by atoms with Gasteiger partial charge in [0.1, 0.15) is 0 Å². The molecule has 28 heavy (non-hydrogen) atoms. The second-order valence-electron chi connectivity index (χ2n) is 5.81. The van der Waals surface area contributed by atoms with E-state index in [0.717, 1.165) is 11.3 Å². The molecule has 0 atom stereocenters. The summed E-state index contributed by atoms with van der Waals surface area (Å²) in [6.07, 6.45) is 5.47. The molecule has 0 spiro atoms. The standard InChI is InChI=1S/C21H17N3O4/c1-28-20-11-9-16(14-19(20)24(26)27)21(25)23-18-7-4-5-15(13-18)8-10-17-6-2-3-12-22-17/h2-14H,1H3,(H,23,25)/b10-8+. The van der Waals surface area contributed by atoms with Gasteiger partial charge in [-0.05, 0) is 48.0 Å². The summed E-state index contributed by atoms with van der Waals surface area (Å²) < 4.78 is 4.95. The van der Waals surface area contributed by atoms with Crippen LogP contribution in [0.2, 0.25) is 0 Å². The van der Waals surface area contributed by atoms with Gasteiger partial charge in [-0.1, -0.05) is 24.3 Å². The Morgan fingerprint density at radius 3 is 2.68 bits per heavy atom. The number of methoxy groups -OCH3 is 1. The number of nitro groups is 1. The van der Waals surface area contributed by atoms with Gasteiger partial charge < -0.3 is 10.1 Å². The maximum atomic E-state index is 12.5. The van der Waals surface area contributed by atoms with Gasteiger partial charge in [0.2, 0.25) is 0 Å². The molecule has 0 unspecified atom stereocenters. The molecule has 1 N–H and O–H groups in total. The first-order valence-electron chi connectivity index (χ1n) is 8.40. The molecule has 3 rings (SSSR count). The lowest BCUT2D eigenvalue weighted by molar-refractivity contribution is -0.385. The molecule has 0 radical (unpaired) electrons. The minimum atomic E-state index is -0.585. The summed E-state index contributed by atoms with van der Waals surface area (Å²) in [6.45, 7) is 0. The molecule has 0 saturated heterocycles. The largest absolute Gasteiger partial charge is 0.490 e. The fourth-order valence-corrected chi connectivity index (χ4v) is 2.55. The fraction of sp³-hybridized carbons (Fsp3) is 0.0476. The molecule has 1 heterocycles. The van der Waals surface area contributed by atoms with Gasteiger partial charge in [-0.2, -0.15) is 0 Å². The monoisotopic (exact) mass is 375 g/mol. The Balaban J connectivity index is 1.77. The number of benzene rings is 2. The van der Waals surface area contributed by atoms with E-state index < -0.39 is 10.8 Å². The third-order valence-corrected chi connectivity index (χ3v) is 3.92. The molecule has 7 nitrogen and oxygen atoms in total. The average Bonchev–Trinajstić information content (AvgIpc) is 2.72. The van der Waals surface area contributed by atoms with Gasteiger partial charge in [-0.15, -0.1) is 0 Å². The summed E-state index contributed by atoms with van der Waals surface area (Å²) in [4.78, 5) is 27.2. The van der Waals surface area contributed by atoms with Crippen LogP contribution in [0.5, 0.6) is 5.75 Å². The van der Waals surface area contributed by atoms with E-state index in [1.807, 2.05) is 42.5 Å². The van der Waals surface area contributed by atoms with E-state index in [1.54, 1.807) is 18.3 Å². The van der Waals surface area contributed by atoms with Gasteiger partial charge in [0.25, 0.3) is 5.91 Å². The van der Waals surface area contributed by atoms with Crippen LogP contribution in [-0.2, 0) is 0 Å². The minimum absolute atomic E-state index is 0.100. The van der Waals surface area contributed by atoms with Crippen LogP contribution >= 0.6 is 0 Å². The molecule has 2 aromatic carbocycles. The van der Waals surface area contributed by atoms with Crippen molar-refractivity contribution in [3.63, 3.8) is 0 Å². The highest BCUT2D eigenvalue weighted by Gasteiger charge is 2.18. The molecule has 0 fully saturated rings. The van der Waals surface area contributed by atoms with E-state index in [9.17, 15) is 14.9 Å². The molecule has 3 aromatic rings. The summed E-state index contributed by atoms with van der Waals surface area (Å²) in [7, 11) is 1.34. The fourth-order valence-electron chi connectivity index (χ4n) is 2.55. The number of nitro benzene ring substituents is 1. The van der Waals surface area contributed by atoms with Crippen molar-refractivity contribution in [3.8, 4) is 5.75 Å². The summed E-state index contributed by atoms with van der Waals surface area (Å²) in [5.74, 6) is -0.347. The molecular weight excluding hydrogens is 358 g/mol. The number of hydrogen-bond donors (Lipinski definition) is 1. The van der Waals surface area contributed by atoms with E-state index in [-0.39, 0.29) is 17.0 Å². The predicted octanol–water partition coefficient (Wildman–Crippen LogP) is 4.42. The van der Waals surface area contributed by atoms with Crippen molar-refractivity contribution in [2.75, 3.05) is 12.4 Å². The van der Waals surface area contributed by atoms with Gasteiger partial charge in [-0.3, -0.25) is 19.9 Å². The summed E-state index contributed by atoms with van der Waals surface area (Å²) in [5, 5.41) is 13.9. The second kappa shape index (κ2) is 8.59. The van der Waals surface area contributed by atoms with Gasteiger partial charge in [0.15, 0.2) is 5.75 Å². The van der Waals surface area contributed by atoms with Crippen LogP contribution in [0.4, 0.5) is 11.4 Å². The number of rotatable bonds is 6. The number of aromatic nitrogens is 1. The van der Waals surface area contributed by atoms with Crippen molar-refractivity contribution in [2.24, 2.45) is 0 Å². The van der Waals surface area contributed by atoms with Gasteiger partial charge >= 0.3 is 5.69 Å². The lowest BCUT2D eigenvalue weighted by atomic mass is 10.1. The second-order valence-corrected chi connectivity index (χ2v) is 5.81. The zero-order chi connectivity index (χ0) is 19.9. The van der Waals surface area contributed by atoms with E-state index in [4.69, 9.17) is 4.74 Å². The molecule has 1 aromatic heterocycles. The summed E-state index contributed by atoms with van der Waals surface area (Å²) in [6, 6.07) is 17.0. The molecule has 0 bridgehead atoms. The maximum Gasteiger partial charge on any atom is 0.311 e. The number of hydrogen-bond acceptors (Lipinski definition) is 5. The Bertz CT molecular complexity index is 1030. The molecule has 0 aliphatic carbocycles. The summed E-state index contributed by atoms with van der Waals surface area (Å²) >= 11 is 0. The van der Waals surface area contributed by atoms with Crippen LogP contribution in [0.1, 0.15) is 21.6 Å². The minimum Gasteiger partial charge on any atom is -0.490 e. The summed E-state index contributed by atoms with van der Waals surface area (Å²) in [5.41, 5.74) is 2.18. The topological polar surface area (TPSA) is 94.4 Å². The van der Waals surface area contributed by atoms with Crippen LogP contribution in [0.3, 0.4) is 0 Å². The Labute approximate surface area is 161 Å². The number of nitrogens with zero attached hydrogens (tertiary/aromatic N) is 2. The van der Waals surface area contributed by atoms with Gasteiger partial charge in [0, 0.05) is 23.5 Å². The van der Waals surface area contributed by atoms with Crippen molar-refractivity contribution in [2.45, 2.75) is 0 Å². The van der Waals surface area contributed by atoms with Crippen molar-refractivity contribution in [1.82, 2.24) is 4.98 Å². The van der Waals surface area contributed by atoms with Gasteiger partial charge in [-0.25, -0.2) is 0 Å². The van der Waals surface area contributed by atoms with E-state index in [2.05, 4.69) is 10.3 Å². The first kappa shape index (κ1) is 18.8. The van der Waals surface area contributed by atoms with Crippen molar-refractivity contribution in [1.29, 1.82) is 0 Å². The number of ether oxygens (including phenoxy) is 1. The Morgan fingerprint density at radius 2 is 1.96 bits per heavy atom. The molecule has 140 valence electrons. The van der Waals surface area contributed by atoms with E-state index in [1.165, 1.54) is 25.3 Å². The quantitative estimate of drug-likeness (QED) is 0.508. The highest BCUT2D eigenvalue weighted by Crippen LogP contribution is 2.28. The Morgan fingerprint density at radius 1 is 1.11 bits per heavy atom. The Hall–Kier alpha value is -4.00. The van der Waals surface area contributed by atoms with Crippen LogP contribution in [0.15, 0.2) is 66.9 Å². The molecule has 1 amide bonds. The Kier molecular flexibility index (Phi) is 5.76. The van der Waals surface area contributed by atoms with Crippen LogP contribution in [0, 0.1) is 10.1 Å². The zero-order valence-electron chi connectivity index (χ0n) is 15.0. The third-order valence-electron chi connectivity index (χ3n) is 3.92. The lowest BCUT2D eigenvalue weighted by Crippen LogP contribution is -2.12. The maximum absolute atomic E-state index is 12.5. The number of nitrogens with one attached hydrogen (secondary N) is 1. The van der Waals surface area contributed by atoms with Crippen molar-refractivity contribution in [3.05, 3.63) is 93.8 Å². The van der Waals surface area contributed by atoms with Crippen molar-refractivity contribution >= 4 is 29.4 Å². The smallest absolute Gasteiger partial charge is 0.311 e. The highest BCUT2D eigenvalue weighted by atomic mass is 16.6. The first-order chi connectivity index (χ1) is 13.6. The van der Waals surface area contributed by atoms with Gasteiger partial charge in [0.05, 0.1) is 17.7 Å². The molecule has 0 saturated carbocycles. The van der Waals surface area contributed by atoms with Crippen molar-refractivity contribution < 1.29 is 14.5 Å². The number of amides is 1. The number of anilines is 1. The normalized spacial score (nSPS) is 10.6. The number of carbonyl (C=O) groups is 1. The van der Waals surface area contributed by atoms with E-state index >= 15 is 0 Å². The van der Waals surface area contributed by atoms with Crippen LogP contribution < -0.4 is 10.1 Å². The van der Waals surface area contributed by atoms with Crippen LogP contribution in [0.25, 0.3) is 12.2 Å². The molecule has 0 aliphatic heterocycles. The SMILES string of the molecule is COc1ccc(C(=O)Nc2cccc(/C=C/c3ccccn3)c2)cc1[N+](=O)[O-]. The number of pyridine rings is 1. The van der Waals surface area contributed by atoms with Crippen LogP contribution in [-0.4, -0.2) is 22.9 Å². The highest BCUT2D eigenvalue weighted by molar-refractivity contribution is 6.05. The molecule has 0 aliphatic rings. The zero-order valence-corrected chi connectivity index (χ0v) is 15.0. The first-order valence-corrected chi connectivity index (χ1v) is 8.40. The average molecular weight is 375 g/mol. The molecule has 7 heteroatoms. The number of carbonyl (C=O) groups excluding carboxylic acids is 1. The molecular formula is C21H17N3O4. The predicted molar refractivity (Wildman–Crippen MR) is 107 cm³/mol. The van der Waals surface area contributed by atoms with E-state index in [0.29, 0.717) is 5.69 Å². The lowest BCUT2D eigenvalue weighted by Gasteiger charge is -2.07. The third kappa shape index (κ3) is 4.59.